The van der Waals surface area contributed by atoms with Crippen molar-refractivity contribution in [3.63, 3.8) is 0 Å². The fourth-order valence-corrected chi connectivity index (χ4v) is 1.17. The third-order valence-electron chi connectivity index (χ3n) is 1.16. The predicted molar refractivity (Wildman–Crippen MR) is 56.6 cm³/mol. The number of hydrogen-bond acceptors (Lipinski definition) is 3. The Hall–Kier alpha value is -0.780. The Morgan fingerprint density at radius 3 is 2.58 bits per heavy atom. The topological polar surface area (TPSA) is 52.3 Å². The van der Waals surface area contributed by atoms with Gasteiger partial charge in [0.25, 0.3) is 0 Å². The van der Waals surface area contributed by atoms with Crippen LogP contribution in [0.4, 0.5) is 0 Å². The SMILES string of the molecule is C=C(OC)/C(C=O)=C(I)\C=C/N. The lowest BCUT2D eigenvalue weighted by molar-refractivity contribution is -0.104. The van der Waals surface area contributed by atoms with Gasteiger partial charge in [-0.25, -0.2) is 0 Å². The van der Waals surface area contributed by atoms with Crippen LogP contribution in [0.5, 0.6) is 0 Å². The molecule has 0 fully saturated rings. The number of carbonyl (C=O) groups is 1. The van der Waals surface area contributed by atoms with E-state index in [2.05, 4.69) is 6.58 Å². The number of rotatable bonds is 4. The van der Waals surface area contributed by atoms with Crippen molar-refractivity contribution in [2.45, 2.75) is 0 Å². The van der Waals surface area contributed by atoms with E-state index in [1.807, 2.05) is 22.6 Å². The first kappa shape index (κ1) is 11.2. The molecule has 0 saturated heterocycles. The van der Waals surface area contributed by atoms with Crippen molar-refractivity contribution in [2.75, 3.05) is 7.11 Å². The number of ether oxygens (including phenoxy) is 1. The van der Waals surface area contributed by atoms with Crippen molar-refractivity contribution in [1.29, 1.82) is 0 Å². The van der Waals surface area contributed by atoms with Gasteiger partial charge in [0.05, 0.1) is 12.7 Å². The Kier molecular flexibility index (Phi) is 5.44. The van der Waals surface area contributed by atoms with Crippen molar-refractivity contribution in [1.82, 2.24) is 0 Å². The number of methoxy groups -OCH3 is 1. The van der Waals surface area contributed by atoms with E-state index in [0.29, 0.717) is 21.2 Å². The maximum Gasteiger partial charge on any atom is 0.154 e. The molecule has 0 radical (unpaired) electrons. The Bertz CT molecular complexity index is 243. The monoisotopic (exact) mass is 279 g/mol. The van der Waals surface area contributed by atoms with Crippen LogP contribution in [0.1, 0.15) is 0 Å². The van der Waals surface area contributed by atoms with Gasteiger partial charge in [-0.2, -0.15) is 0 Å². The molecule has 0 amide bonds. The van der Waals surface area contributed by atoms with Gasteiger partial charge >= 0.3 is 0 Å². The summed E-state index contributed by atoms with van der Waals surface area (Å²) in [6, 6.07) is 0. The van der Waals surface area contributed by atoms with Crippen LogP contribution < -0.4 is 5.73 Å². The zero-order valence-electron chi connectivity index (χ0n) is 6.71. The summed E-state index contributed by atoms with van der Waals surface area (Å²) in [5, 5.41) is 0. The second-order valence-electron chi connectivity index (χ2n) is 1.87. The van der Waals surface area contributed by atoms with E-state index in [1.54, 1.807) is 6.08 Å². The van der Waals surface area contributed by atoms with E-state index in [-0.39, 0.29) is 0 Å². The van der Waals surface area contributed by atoms with Gasteiger partial charge in [0.2, 0.25) is 0 Å². The average molecular weight is 279 g/mol. The molecule has 0 unspecified atom stereocenters. The zero-order valence-corrected chi connectivity index (χ0v) is 8.87. The maximum atomic E-state index is 10.5. The summed E-state index contributed by atoms with van der Waals surface area (Å²) in [6.07, 6.45) is 3.65. The Morgan fingerprint density at radius 1 is 1.67 bits per heavy atom. The maximum absolute atomic E-state index is 10.5. The minimum absolute atomic E-state index is 0.340. The van der Waals surface area contributed by atoms with Gasteiger partial charge in [0.1, 0.15) is 5.76 Å². The fourth-order valence-electron chi connectivity index (χ4n) is 0.539. The molecule has 12 heavy (non-hydrogen) atoms. The number of hydrogen-bond donors (Lipinski definition) is 1. The number of halogens is 1. The van der Waals surface area contributed by atoms with E-state index >= 15 is 0 Å². The highest BCUT2D eigenvalue weighted by atomic mass is 127. The predicted octanol–water partition coefficient (Wildman–Crippen LogP) is 1.51. The molecule has 0 atom stereocenters. The van der Waals surface area contributed by atoms with Crippen LogP contribution in [0.3, 0.4) is 0 Å². The molecule has 0 aromatic rings. The van der Waals surface area contributed by atoms with Crippen molar-refractivity contribution in [2.24, 2.45) is 5.73 Å². The Morgan fingerprint density at radius 2 is 2.25 bits per heavy atom. The van der Waals surface area contributed by atoms with Crippen LogP contribution in [0.2, 0.25) is 0 Å². The van der Waals surface area contributed by atoms with Crippen LogP contribution in [0.25, 0.3) is 0 Å². The third kappa shape index (κ3) is 3.08. The molecule has 0 heterocycles. The molecule has 2 N–H and O–H groups in total. The van der Waals surface area contributed by atoms with E-state index in [1.165, 1.54) is 13.3 Å². The van der Waals surface area contributed by atoms with Crippen molar-refractivity contribution < 1.29 is 9.53 Å². The Balaban J connectivity index is 4.85. The summed E-state index contributed by atoms with van der Waals surface area (Å²) in [5.41, 5.74) is 5.57. The van der Waals surface area contributed by atoms with Crippen LogP contribution in [-0.4, -0.2) is 13.4 Å². The van der Waals surface area contributed by atoms with Crippen LogP contribution >= 0.6 is 22.6 Å². The lowest BCUT2D eigenvalue weighted by Crippen LogP contribution is -1.94. The first-order valence-corrected chi connectivity index (χ1v) is 4.21. The van der Waals surface area contributed by atoms with Gasteiger partial charge in [-0.05, 0) is 34.9 Å². The molecule has 66 valence electrons. The number of carbonyl (C=O) groups excluding carboxylic acids is 1. The first-order chi connectivity index (χ1) is 5.67. The number of allylic oxidation sites excluding steroid dienone is 3. The minimum Gasteiger partial charge on any atom is -0.497 e. The van der Waals surface area contributed by atoms with Crippen molar-refractivity contribution in [3.05, 3.63) is 33.8 Å². The molecule has 0 aliphatic heterocycles. The molecule has 0 spiro atoms. The third-order valence-corrected chi connectivity index (χ3v) is 2.11. The quantitative estimate of drug-likeness (QED) is 0.279. The van der Waals surface area contributed by atoms with Crippen LogP contribution in [0, 0.1) is 0 Å². The number of nitrogens with two attached hydrogens (primary N) is 1. The molecule has 3 nitrogen and oxygen atoms in total. The normalized spacial score (nSPS) is 12.5. The van der Waals surface area contributed by atoms with Gasteiger partial charge in [-0.15, -0.1) is 0 Å². The standard InChI is InChI=1S/C8H10INO2/c1-6(12-2)7(5-11)8(9)3-4-10/h3-5H,1,10H2,2H3/b4-3-,8-7+. The van der Waals surface area contributed by atoms with Gasteiger partial charge < -0.3 is 10.5 Å². The van der Waals surface area contributed by atoms with Crippen LogP contribution in [-0.2, 0) is 9.53 Å². The van der Waals surface area contributed by atoms with Crippen molar-refractivity contribution in [3.8, 4) is 0 Å². The zero-order chi connectivity index (χ0) is 9.56. The molecule has 0 aliphatic rings. The van der Waals surface area contributed by atoms with Gasteiger partial charge in [0, 0.05) is 3.58 Å². The summed E-state index contributed by atoms with van der Waals surface area (Å²) in [5.74, 6) is 0.340. The van der Waals surface area contributed by atoms with E-state index < -0.39 is 0 Å². The molecular weight excluding hydrogens is 269 g/mol. The molecule has 0 saturated carbocycles. The molecule has 4 heteroatoms. The second kappa shape index (κ2) is 5.82. The molecule has 0 aromatic heterocycles. The largest absolute Gasteiger partial charge is 0.497 e. The highest BCUT2D eigenvalue weighted by molar-refractivity contribution is 14.1. The van der Waals surface area contributed by atoms with E-state index in [0.717, 1.165) is 0 Å². The molecular formula is C8H10INO2. The van der Waals surface area contributed by atoms with Crippen LogP contribution in [0.15, 0.2) is 33.8 Å². The summed E-state index contributed by atoms with van der Waals surface area (Å²) in [4.78, 5) is 10.5. The highest BCUT2D eigenvalue weighted by Crippen LogP contribution is 2.18. The van der Waals surface area contributed by atoms with E-state index in [9.17, 15) is 4.79 Å². The lowest BCUT2D eigenvalue weighted by atomic mass is 10.2. The lowest BCUT2D eigenvalue weighted by Gasteiger charge is -2.03. The summed E-state index contributed by atoms with van der Waals surface area (Å²) < 4.78 is 5.51. The summed E-state index contributed by atoms with van der Waals surface area (Å²) >= 11 is 1.98. The first-order valence-electron chi connectivity index (χ1n) is 3.13. The second-order valence-corrected chi connectivity index (χ2v) is 3.03. The smallest absolute Gasteiger partial charge is 0.154 e. The highest BCUT2D eigenvalue weighted by Gasteiger charge is 2.04. The van der Waals surface area contributed by atoms with E-state index in [4.69, 9.17) is 10.5 Å². The van der Waals surface area contributed by atoms with Crippen molar-refractivity contribution >= 4 is 28.9 Å². The fraction of sp³-hybridized carbons (Fsp3) is 0.125. The Labute approximate surface area is 85.1 Å². The molecule has 0 aromatic carbocycles. The molecule has 0 bridgehead atoms. The number of aldehydes is 1. The van der Waals surface area contributed by atoms with Gasteiger partial charge in [-0.1, -0.05) is 6.58 Å². The van der Waals surface area contributed by atoms with Gasteiger partial charge in [-0.3, -0.25) is 4.79 Å². The van der Waals surface area contributed by atoms with Gasteiger partial charge in [0.15, 0.2) is 6.29 Å². The minimum atomic E-state index is 0.340. The molecule has 0 rings (SSSR count). The summed E-state index contributed by atoms with van der Waals surface area (Å²) in [6.45, 7) is 3.56. The average Bonchev–Trinajstić information content (AvgIpc) is 2.06. The summed E-state index contributed by atoms with van der Waals surface area (Å²) in [7, 11) is 1.46. The molecule has 0 aliphatic carbocycles.